The monoisotopic (exact) mass is 231 g/mol. The normalized spacial score (nSPS) is 18.9. The van der Waals surface area contributed by atoms with Crippen LogP contribution in [0.15, 0.2) is 24.3 Å². The van der Waals surface area contributed by atoms with Crippen molar-refractivity contribution in [2.45, 2.75) is 45.1 Å². The molecule has 92 valence electrons. The molecule has 1 fully saturated rings. The van der Waals surface area contributed by atoms with Crippen molar-refractivity contribution in [2.24, 2.45) is 11.7 Å². The second-order valence-electron chi connectivity index (χ2n) is 5.11. The van der Waals surface area contributed by atoms with E-state index in [-0.39, 0.29) is 12.0 Å². The van der Waals surface area contributed by atoms with Gasteiger partial charge in [0.15, 0.2) is 5.78 Å². The highest BCUT2D eigenvalue weighted by Crippen LogP contribution is 2.27. The predicted molar refractivity (Wildman–Crippen MR) is 69.9 cm³/mol. The van der Waals surface area contributed by atoms with Crippen LogP contribution in [0.4, 0.5) is 0 Å². The molecule has 0 radical (unpaired) electrons. The van der Waals surface area contributed by atoms with Crippen molar-refractivity contribution < 1.29 is 4.79 Å². The first-order chi connectivity index (χ1) is 8.18. The van der Waals surface area contributed by atoms with Crippen LogP contribution in [0.1, 0.15) is 61.0 Å². The molecule has 2 heteroatoms. The van der Waals surface area contributed by atoms with Crippen molar-refractivity contribution in [1.29, 1.82) is 0 Å². The summed E-state index contributed by atoms with van der Waals surface area (Å²) in [4.78, 5) is 12.2. The molecule has 0 aromatic heterocycles. The topological polar surface area (TPSA) is 43.1 Å². The van der Waals surface area contributed by atoms with Crippen LogP contribution in [0.3, 0.4) is 0 Å². The van der Waals surface area contributed by atoms with Gasteiger partial charge in [-0.2, -0.15) is 0 Å². The highest BCUT2D eigenvalue weighted by molar-refractivity contribution is 5.97. The molecule has 1 atom stereocenters. The predicted octanol–water partition coefficient (Wildman–Crippen LogP) is 3.47. The summed E-state index contributed by atoms with van der Waals surface area (Å²) in [6, 6.07) is 7.83. The zero-order valence-electron chi connectivity index (χ0n) is 10.5. The first kappa shape index (κ1) is 12.3. The van der Waals surface area contributed by atoms with E-state index in [1.54, 1.807) is 0 Å². The summed E-state index contributed by atoms with van der Waals surface area (Å²) in [5.74, 6) is 0.575. The van der Waals surface area contributed by atoms with E-state index < -0.39 is 0 Å². The van der Waals surface area contributed by atoms with Gasteiger partial charge in [0.25, 0.3) is 0 Å². The molecular weight excluding hydrogens is 210 g/mol. The number of Topliss-reactive ketones (excluding diaryl/α,β-unsaturated/α-hetero) is 1. The number of ketones is 1. The van der Waals surface area contributed by atoms with Crippen LogP contribution in [-0.4, -0.2) is 5.78 Å². The molecule has 0 bridgehead atoms. The molecule has 0 saturated heterocycles. The zero-order valence-corrected chi connectivity index (χ0v) is 10.5. The number of carbonyl (C=O) groups excluding carboxylic acids is 1. The quantitative estimate of drug-likeness (QED) is 0.809. The average molecular weight is 231 g/mol. The second kappa shape index (κ2) is 5.46. The molecule has 0 heterocycles. The molecule has 1 unspecified atom stereocenters. The third-order valence-electron chi connectivity index (χ3n) is 3.70. The fraction of sp³-hybridized carbons (Fsp3) is 0.533. The van der Waals surface area contributed by atoms with E-state index in [9.17, 15) is 4.79 Å². The van der Waals surface area contributed by atoms with Crippen LogP contribution >= 0.6 is 0 Å². The van der Waals surface area contributed by atoms with Gasteiger partial charge in [0, 0.05) is 17.5 Å². The Hall–Kier alpha value is -1.15. The molecule has 1 aliphatic carbocycles. The maximum Gasteiger partial charge on any atom is 0.165 e. The smallest absolute Gasteiger partial charge is 0.165 e. The molecule has 0 aliphatic heterocycles. The second-order valence-corrected chi connectivity index (χ2v) is 5.11. The lowest BCUT2D eigenvalue weighted by molar-refractivity contribution is 0.0889. The van der Waals surface area contributed by atoms with E-state index in [0.717, 1.165) is 24.0 Å². The Morgan fingerprint density at radius 1 is 1.18 bits per heavy atom. The van der Waals surface area contributed by atoms with Crippen LogP contribution in [0.5, 0.6) is 0 Å². The largest absolute Gasteiger partial charge is 0.324 e. The van der Waals surface area contributed by atoms with Gasteiger partial charge in [-0.05, 0) is 25.3 Å². The van der Waals surface area contributed by atoms with Crippen molar-refractivity contribution in [3.63, 3.8) is 0 Å². The summed E-state index contributed by atoms with van der Waals surface area (Å²) >= 11 is 0. The minimum absolute atomic E-state index is 0.0360. The van der Waals surface area contributed by atoms with Gasteiger partial charge in [-0.25, -0.2) is 0 Å². The van der Waals surface area contributed by atoms with E-state index in [4.69, 9.17) is 5.73 Å². The number of carbonyl (C=O) groups is 1. The number of benzene rings is 1. The zero-order chi connectivity index (χ0) is 12.3. The minimum Gasteiger partial charge on any atom is -0.324 e. The highest BCUT2D eigenvalue weighted by Gasteiger charge is 2.22. The molecule has 2 nitrogen and oxygen atoms in total. The SMILES string of the molecule is CC(N)c1ccc(C(=O)C2CCCCC2)cc1. The van der Waals surface area contributed by atoms with Crippen molar-refractivity contribution in [3.8, 4) is 0 Å². The van der Waals surface area contributed by atoms with Gasteiger partial charge in [-0.1, -0.05) is 43.5 Å². The molecule has 2 N–H and O–H groups in total. The van der Waals surface area contributed by atoms with Crippen LogP contribution in [0.2, 0.25) is 0 Å². The van der Waals surface area contributed by atoms with Crippen LogP contribution in [-0.2, 0) is 0 Å². The highest BCUT2D eigenvalue weighted by atomic mass is 16.1. The van der Waals surface area contributed by atoms with Crippen LogP contribution in [0, 0.1) is 5.92 Å². The molecule has 1 aromatic carbocycles. The summed E-state index contributed by atoms with van der Waals surface area (Å²) in [7, 11) is 0. The first-order valence-corrected chi connectivity index (χ1v) is 6.58. The Labute approximate surface area is 103 Å². The molecule has 17 heavy (non-hydrogen) atoms. The van der Waals surface area contributed by atoms with Gasteiger partial charge in [0.2, 0.25) is 0 Å². The fourth-order valence-corrected chi connectivity index (χ4v) is 2.55. The Kier molecular flexibility index (Phi) is 3.95. The Balaban J connectivity index is 2.08. The Morgan fingerprint density at radius 3 is 2.29 bits per heavy atom. The summed E-state index contributed by atoms with van der Waals surface area (Å²) in [6.07, 6.45) is 5.82. The van der Waals surface area contributed by atoms with Crippen molar-refractivity contribution >= 4 is 5.78 Å². The minimum atomic E-state index is 0.0360. The standard InChI is InChI=1S/C15H21NO/c1-11(16)12-7-9-14(10-8-12)15(17)13-5-3-2-4-6-13/h7-11,13H,2-6,16H2,1H3. The number of hydrogen-bond donors (Lipinski definition) is 1. The summed E-state index contributed by atoms with van der Waals surface area (Å²) in [6.45, 7) is 1.96. The first-order valence-electron chi connectivity index (χ1n) is 6.58. The van der Waals surface area contributed by atoms with E-state index in [0.29, 0.717) is 5.78 Å². The third-order valence-corrected chi connectivity index (χ3v) is 3.70. The van der Waals surface area contributed by atoms with Gasteiger partial charge in [0.05, 0.1) is 0 Å². The molecule has 0 spiro atoms. The third kappa shape index (κ3) is 2.95. The summed E-state index contributed by atoms with van der Waals surface area (Å²) in [5.41, 5.74) is 7.73. The molecule has 1 aromatic rings. The van der Waals surface area contributed by atoms with E-state index in [1.807, 2.05) is 31.2 Å². The van der Waals surface area contributed by atoms with Gasteiger partial charge in [-0.15, -0.1) is 0 Å². The van der Waals surface area contributed by atoms with E-state index >= 15 is 0 Å². The Morgan fingerprint density at radius 2 is 1.76 bits per heavy atom. The lowest BCUT2D eigenvalue weighted by atomic mass is 9.84. The maximum atomic E-state index is 12.2. The lowest BCUT2D eigenvalue weighted by Gasteiger charge is -2.20. The van der Waals surface area contributed by atoms with Crippen molar-refractivity contribution in [3.05, 3.63) is 35.4 Å². The Bertz CT molecular complexity index is 374. The molecular formula is C15H21NO. The molecule has 0 amide bonds. The summed E-state index contributed by atoms with van der Waals surface area (Å²) in [5, 5.41) is 0. The lowest BCUT2D eigenvalue weighted by Crippen LogP contribution is -2.18. The molecule has 1 aliphatic rings. The summed E-state index contributed by atoms with van der Waals surface area (Å²) < 4.78 is 0. The van der Waals surface area contributed by atoms with Crippen LogP contribution in [0.25, 0.3) is 0 Å². The van der Waals surface area contributed by atoms with Gasteiger partial charge in [-0.3, -0.25) is 4.79 Å². The molecule has 2 rings (SSSR count). The van der Waals surface area contributed by atoms with E-state index in [1.165, 1.54) is 19.3 Å². The van der Waals surface area contributed by atoms with E-state index in [2.05, 4.69) is 0 Å². The number of hydrogen-bond acceptors (Lipinski definition) is 2. The van der Waals surface area contributed by atoms with Crippen LogP contribution < -0.4 is 5.73 Å². The number of rotatable bonds is 3. The molecule has 1 saturated carbocycles. The fourth-order valence-electron chi connectivity index (χ4n) is 2.55. The van der Waals surface area contributed by atoms with Gasteiger partial charge >= 0.3 is 0 Å². The number of nitrogens with two attached hydrogens (primary N) is 1. The van der Waals surface area contributed by atoms with Crippen molar-refractivity contribution in [2.75, 3.05) is 0 Å². The van der Waals surface area contributed by atoms with Gasteiger partial charge in [0.1, 0.15) is 0 Å². The maximum absolute atomic E-state index is 12.2. The van der Waals surface area contributed by atoms with Gasteiger partial charge < -0.3 is 5.73 Å². The van der Waals surface area contributed by atoms with Crippen molar-refractivity contribution in [1.82, 2.24) is 0 Å². The average Bonchev–Trinajstić information content (AvgIpc) is 2.39.